The fraction of sp³-hybridized carbons (Fsp3) is 1.00. The van der Waals surface area contributed by atoms with E-state index in [2.05, 4.69) is 5.32 Å². The Labute approximate surface area is 122 Å². The van der Waals surface area contributed by atoms with Crippen molar-refractivity contribution in [1.29, 1.82) is 0 Å². The van der Waals surface area contributed by atoms with E-state index in [9.17, 15) is 8.42 Å². The quantitative estimate of drug-likeness (QED) is 0.792. The van der Waals surface area contributed by atoms with Gasteiger partial charge in [0.1, 0.15) is 0 Å². The third-order valence-electron chi connectivity index (χ3n) is 4.24. The van der Waals surface area contributed by atoms with E-state index in [-0.39, 0.29) is 6.04 Å². The second-order valence-electron chi connectivity index (χ2n) is 5.68. The van der Waals surface area contributed by atoms with Gasteiger partial charge in [-0.05, 0) is 38.8 Å². The van der Waals surface area contributed by atoms with Crippen LogP contribution in [-0.2, 0) is 14.9 Å². The lowest BCUT2D eigenvalue weighted by molar-refractivity contribution is 0.0277. The van der Waals surface area contributed by atoms with E-state index in [1.807, 2.05) is 14.0 Å². The van der Waals surface area contributed by atoms with Gasteiger partial charge in [0.25, 0.3) is 10.2 Å². The molecule has 2 atom stereocenters. The molecule has 0 aromatic carbocycles. The summed E-state index contributed by atoms with van der Waals surface area (Å²) in [5.41, 5.74) is 0. The second kappa shape index (κ2) is 7.17. The van der Waals surface area contributed by atoms with Crippen molar-refractivity contribution in [3.63, 3.8) is 0 Å². The van der Waals surface area contributed by atoms with Crippen molar-refractivity contribution in [2.75, 3.05) is 46.4 Å². The zero-order valence-electron chi connectivity index (χ0n) is 12.5. The average Bonchev–Trinajstić information content (AvgIpc) is 2.48. The largest absolute Gasteiger partial charge is 0.378 e. The molecular weight excluding hydrogens is 278 g/mol. The Hall–Kier alpha value is -0.210. The summed E-state index contributed by atoms with van der Waals surface area (Å²) in [6.07, 6.45) is 2.85. The molecular formula is C13H27N3O3S. The first-order valence-corrected chi connectivity index (χ1v) is 8.98. The summed E-state index contributed by atoms with van der Waals surface area (Å²) in [6, 6.07) is -0.0153. The standard InChI is InChI=1S/C13H27N3O3S/c1-3-13-11-19-8-7-16(13)20(17,18)15-6-4-5-12(10-15)9-14-2/h12-14H,3-11H2,1-2H3. The molecule has 118 valence electrons. The summed E-state index contributed by atoms with van der Waals surface area (Å²) >= 11 is 0. The fourth-order valence-corrected chi connectivity index (χ4v) is 5.05. The first-order chi connectivity index (χ1) is 9.59. The lowest BCUT2D eigenvalue weighted by Crippen LogP contribution is -2.55. The van der Waals surface area contributed by atoms with E-state index < -0.39 is 10.2 Å². The molecule has 2 aliphatic heterocycles. The Morgan fingerprint density at radius 1 is 1.35 bits per heavy atom. The molecule has 0 aromatic rings. The molecule has 0 spiro atoms. The van der Waals surface area contributed by atoms with Gasteiger partial charge < -0.3 is 10.1 Å². The lowest BCUT2D eigenvalue weighted by atomic mass is 10.00. The molecule has 6 nitrogen and oxygen atoms in total. The van der Waals surface area contributed by atoms with Gasteiger partial charge in [-0.2, -0.15) is 17.0 Å². The SMILES string of the molecule is CCC1COCCN1S(=O)(=O)N1CCCC(CNC)C1. The zero-order chi connectivity index (χ0) is 14.6. The van der Waals surface area contributed by atoms with E-state index >= 15 is 0 Å². The Morgan fingerprint density at radius 3 is 2.85 bits per heavy atom. The van der Waals surface area contributed by atoms with Crippen molar-refractivity contribution in [3.8, 4) is 0 Å². The van der Waals surface area contributed by atoms with E-state index in [4.69, 9.17) is 4.74 Å². The number of hydrogen-bond acceptors (Lipinski definition) is 4. The van der Waals surface area contributed by atoms with E-state index in [1.165, 1.54) is 0 Å². The van der Waals surface area contributed by atoms with Gasteiger partial charge in [0, 0.05) is 25.7 Å². The number of ether oxygens (including phenoxy) is 1. The third kappa shape index (κ3) is 3.51. The maximum atomic E-state index is 12.8. The predicted molar refractivity (Wildman–Crippen MR) is 78.7 cm³/mol. The summed E-state index contributed by atoms with van der Waals surface area (Å²) in [5, 5.41) is 3.15. The lowest BCUT2D eigenvalue weighted by Gasteiger charge is -2.40. The highest BCUT2D eigenvalue weighted by Gasteiger charge is 2.38. The number of rotatable bonds is 5. The van der Waals surface area contributed by atoms with Gasteiger partial charge in [-0.3, -0.25) is 0 Å². The van der Waals surface area contributed by atoms with Gasteiger partial charge in [0.05, 0.1) is 13.2 Å². The average molecular weight is 305 g/mol. The maximum absolute atomic E-state index is 12.8. The minimum Gasteiger partial charge on any atom is -0.378 e. The van der Waals surface area contributed by atoms with Crippen LogP contribution in [0.15, 0.2) is 0 Å². The molecule has 2 saturated heterocycles. The van der Waals surface area contributed by atoms with Gasteiger partial charge in [0.2, 0.25) is 0 Å². The van der Waals surface area contributed by atoms with Crippen LogP contribution in [0.1, 0.15) is 26.2 Å². The molecule has 2 fully saturated rings. The summed E-state index contributed by atoms with van der Waals surface area (Å²) in [4.78, 5) is 0. The number of nitrogens with zero attached hydrogens (tertiary/aromatic N) is 2. The number of piperidine rings is 1. The highest BCUT2D eigenvalue weighted by Crippen LogP contribution is 2.24. The van der Waals surface area contributed by atoms with Crippen LogP contribution in [0.5, 0.6) is 0 Å². The van der Waals surface area contributed by atoms with Crippen LogP contribution in [-0.4, -0.2) is 69.5 Å². The molecule has 2 rings (SSSR count). The van der Waals surface area contributed by atoms with Crippen molar-refractivity contribution in [2.45, 2.75) is 32.2 Å². The van der Waals surface area contributed by atoms with Gasteiger partial charge in [-0.25, -0.2) is 0 Å². The number of hydrogen-bond donors (Lipinski definition) is 1. The molecule has 7 heteroatoms. The van der Waals surface area contributed by atoms with Gasteiger partial charge in [0.15, 0.2) is 0 Å². The fourth-order valence-electron chi connectivity index (χ4n) is 3.10. The smallest absolute Gasteiger partial charge is 0.282 e. The Kier molecular flexibility index (Phi) is 5.80. The molecule has 0 aliphatic carbocycles. The minimum absolute atomic E-state index is 0.0153. The Morgan fingerprint density at radius 2 is 2.15 bits per heavy atom. The molecule has 0 saturated carbocycles. The van der Waals surface area contributed by atoms with Crippen molar-refractivity contribution in [1.82, 2.24) is 13.9 Å². The van der Waals surface area contributed by atoms with Crippen molar-refractivity contribution < 1.29 is 13.2 Å². The van der Waals surface area contributed by atoms with E-state index in [0.29, 0.717) is 38.8 Å². The van der Waals surface area contributed by atoms with Crippen LogP contribution in [0.3, 0.4) is 0 Å². The predicted octanol–water partition coefficient (Wildman–Crippen LogP) is 0.273. The molecule has 2 heterocycles. The number of nitrogens with one attached hydrogen (secondary N) is 1. The molecule has 0 amide bonds. The normalized spacial score (nSPS) is 30.5. The molecule has 1 N–H and O–H groups in total. The Balaban J connectivity index is 2.08. The van der Waals surface area contributed by atoms with Crippen LogP contribution in [0.2, 0.25) is 0 Å². The van der Waals surface area contributed by atoms with Gasteiger partial charge in [-0.1, -0.05) is 6.92 Å². The molecule has 0 bridgehead atoms. The van der Waals surface area contributed by atoms with Gasteiger partial charge >= 0.3 is 0 Å². The second-order valence-corrected chi connectivity index (χ2v) is 7.56. The van der Waals surface area contributed by atoms with E-state index in [1.54, 1.807) is 8.61 Å². The van der Waals surface area contributed by atoms with Crippen LogP contribution in [0.4, 0.5) is 0 Å². The first-order valence-electron chi connectivity index (χ1n) is 7.58. The first kappa shape index (κ1) is 16.2. The maximum Gasteiger partial charge on any atom is 0.282 e. The highest BCUT2D eigenvalue weighted by atomic mass is 32.2. The summed E-state index contributed by atoms with van der Waals surface area (Å²) in [5.74, 6) is 0.421. The Bertz CT molecular complexity index is 400. The molecule has 0 radical (unpaired) electrons. The summed E-state index contributed by atoms with van der Waals surface area (Å²) in [6.45, 7) is 5.68. The summed E-state index contributed by atoms with van der Waals surface area (Å²) < 4.78 is 34.4. The molecule has 2 aliphatic rings. The molecule has 0 aromatic heterocycles. The van der Waals surface area contributed by atoms with Crippen molar-refractivity contribution in [3.05, 3.63) is 0 Å². The highest BCUT2D eigenvalue weighted by molar-refractivity contribution is 7.86. The zero-order valence-corrected chi connectivity index (χ0v) is 13.4. The monoisotopic (exact) mass is 305 g/mol. The van der Waals surface area contributed by atoms with Crippen LogP contribution < -0.4 is 5.32 Å². The number of morpholine rings is 1. The molecule has 20 heavy (non-hydrogen) atoms. The van der Waals surface area contributed by atoms with Crippen LogP contribution in [0.25, 0.3) is 0 Å². The van der Waals surface area contributed by atoms with Crippen molar-refractivity contribution >= 4 is 10.2 Å². The summed E-state index contributed by atoms with van der Waals surface area (Å²) in [7, 11) is -1.42. The molecule has 2 unspecified atom stereocenters. The van der Waals surface area contributed by atoms with Gasteiger partial charge in [-0.15, -0.1) is 0 Å². The van der Waals surface area contributed by atoms with Crippen LogP contribution in [0, 0.1) is 5.92 Å². The van der Waals surface area contributed by atoms with Crippen molar-refractivity contribution in [2.24, 2.45) is 5.92 Å². The third-order valence-corrected chi connectivity index (χ3v) is 6.30. The van der Waals surface area contributed by atoms with E-state index in [0.717, 1.165) is 25.8 Å². The minimum atomic E-state index is -3.34. The topological polar surface area (TPSA) is 61.9 Å². The van der Waals surface area contributed by atoms with Crippen LogP contribution >= 0.6 is 0 Å².